The molecule has 0 aliphatic rings. The van der Waals surface area contributed by atoms with Gasteiger partial charge in [-0.2, -0.15) is 5.10 Å². The second-order valence-electron chi connectivity index (χ2n) is 4.35. The fourth-order valence-corrected chi connectivity index (χ4v) is 1.71. The molecule has 0 radical (unpaired) electrons. The van der Waals surface area contributed by atoms with Gasteiger partial charge in [0.25, 0.3) is 0 Å². The number of ether oxygens (including phenoxy) is 1. The first kappa shape index (κ1) is 12.3. The third-order valence-electron chi connectivity index (χ3n) is 2.27. The van der Waals surface area contributed by atoms with Crippen molar-refractivity contribution in [3.05, 3.63) is 17.2 Å². The van der Waals surface area contributed by atoms with Gasteiger partial charge in [-0.15, -0.1) is 0 Å². The Hall–Kier alpha value is -1.20. The predicted molar refractivity (Wildman–Crippen MR) is 65.8 cm³/mol. The van der Waals surface area contributed by atoms with Crippen molar-refractivity contribution in [3.63, 3.8) is 0 Å². The lowest BCUT2D eigenvalue weighted by Gasteiger charge is -2.06. The van der Waals surface area contributed by atoms with Crippen molar-refractivity contribution in [3.8, 4) is 0 Å². The molecule has 2 aromatic heterocycles. The second-order valence-corrected chi connectivity index (χ2v) is 4.70. The van der Waals surface area contributed by atoms with E-state index in [1.54, 1.807) is 10.9 Å². The van der Waals surface area contributed by atoms with Crippen molar-refractivity contribution in [2.75, 3.05) is 6.61 Å². The molecule has 0 bridgehead atoms. The summed E-state index contributed by atoms with van der Waals surface area (Å²) in [5, 5.41) is 5.28. The number of fused-ring (bicyclic) bond motifs is 1. The summed E-state index contributed by atoms with van der Waals surface area (Å²) in [6.45, 7) is 5.25. The fourth-order valence-electron chi connectivity index (χ4n) is 1.48. The van der Waals surface area contributed by atoms with Crippen LogP contribution in [0.5, 0.6) is 0 Å². The standard InChI is InChI=1S/C11H15ClN4O/c1-7(2)5-17-6-9-14-10(12)8-4-13-16(3)11(8)15-9/h4,7H,5-6H2,1-3H3. The zero-order chi connectivity index (χ0) is 12.4. The zero-order valence-electron chi connectivity index (χ0n) is 10.1. The number of aryl methyl sites for hydroxylation is 1. The van der Waals surface area contributed by atoms with Crippen molar-refractivity contribution in [2.45, 2.75) is 20.5 Å². The lowest BCUT2D eigenvalue weighted by Crippen LogP contribution is -2.05. The SMILES string of the molecule is CC(C)COCc1nc(Cl)c2cnn(C)c2n1. The Morgan fingerprint density at radius 1 is 1.41 bits per heavy atom. The van der Waals surface area contributed by atoms with Crippen molar-refractivity contribution in [1.82, 2.24) is 19.7 Å². The molecule has 0 unspecified atom stereocenters. The lowest BCUT2D eigenvalue weighted by atomic mass is 10.2. The van der Waals surface area contributed by atoms with Gasteiger partial charge in [0.05, 0.1) is 11.6 Å². The molecule has 0 aliphatic heterocycles. The molecule has 0 N–H and O–H groups in total. The number of nitrogens with zero attached hydrogens (tertiary/aromatic N) is 4. The molecule has 0 aromatic carbocycles. The van der Waals surface area contributed by atoms with Gasteiger partial charge >= 0.3 is 0 Å². The minimum atomic E-state index is 0.374. The topological polar surface area (TPSA) is 52.8 Å². The Balaban J connectivity index is 2.20. The Morgan fingerprint density at radius 3 is 2.88 bits per heavy atom. The molecule has 6 heteroatoms. The molecule has 17 heavy (non-hydrogen) atoms. The van der Waals surface area contributed by atoms with E-state index in [2.05, 4.69) is 28.9 Å². The van der Waals surface area contributed by atoms with Gasteiger partial charge in [0.15, 0.2) is 11.5 Å². The first-order valence-electron chi connectivity index (χ1n) is 5.49. The maximum atomic E-state index is 6.06. The highest BCUT2D eigenvalue weighted by Gasteiger charge is 2.09. The highest BCUT2D eigenvalue weighted by molar-refractivity contribution is 6.33. The second kappa shape index (κ2) is 4.98. The van der Waals surface area contributed by atoms with Gasteiger partial charge in [0, 0.05) is 13.7 Å². The van der Waals surface area contributed by atoms with Gasteiger partial charge in [-0.1, -0.05) is 25.4 Å². The first-order valence-corrected chi connectivity index (χ1v) is 5.87. The van der Waals surface area contributed by atoms with E-state index in [-0.39, 0.29) is 0 Å². The smallest absolute Gasteiger partial charge is 0.162 e. The average Bonchev–Trinajstić information content (AvgIpc) is 2.61. The third kappa shape index (κ3) is 2.73. The molecule has 2 aromatic rings. The number of rotatable bonds is 4. The van der Waals surface area contributed by atoms with Crippen LogP contribution in [0.2, 0.25) is 5.15 Å². The quantitative estimate of drug-likeness (QED) is 0.785. The van der Waals surface area contributed by atoms with Crippen LogP contribution in [0.3, 0.4) is 0 Å². The van der Waals surface area contributed by atoms with Crippen LogP contribution >= 0.6 is 11.6 Å². The van der Waals surface area contributed by atoms with E-state index >= 15 is 0 Å². The summed E-state index contributed by atoms with van der Waals surface area (Å²) in [5.74, 6) is 1.08. The van der Waals surface area contributed by atoms with Crippen LogP contribution in [-0.2, 0) is 18.4 Å². The van der Waals surface area contributed by atoms with Gasteiger partial charge in [-0.05, 0) is 5.92 Å². The number of aromatic nitrogens is 4. The summed E-state index contributed by atoms with van der Waals surface area (Å²) in [6.07, 6.45) is 1.66. The summed E-state index contributed by atoms with van der Waals surface area (Å²) in [6, 6.07) is 0. The minimum absolute atomic E-state index is 0.374. The Kier molecular flexibility index (Phi) is 3.59. The summed E-state index contributed by atoms with van der Waals surface area (Å²) in [5.41, 5.74) is 0.730. The van der Waals surface area contributed by atoms with Gasteiger partial charge in [0.1, 0.15) is 11.8 Å². The largest absolute Gasteiger partial charge is 0.373 e. The highest BCUT2D eigenvalue weighted by Crippen LogP contribution is 2.19. The van der Waals surface area contributed by atoms with Gasteiger partial charge in [-0.25, -0.2) is 9.97 Å². The monoisotopic (exact) mass is 254 g/mol. The van der Waals surface area contributed by atoms with E-state index in [0.29, 0.717) is 30.1 Å². The molecule has 5 nitrogen and oxygen atoms in total. The van der Waals surface area contributed by atoms with E-state index in [1.807, 2.05) is 7.05 Å². The molecule has 2 rings (SSSR count). The van der Waals surface area contributed by atoms with Gasteiger partial charge in [0.2, 0.25) is 0 Å². The molecule has 0 saturated carbocycles. The number of halogens is 1. The van der Waals surface area contributed by atoms with E-state index < -0.39 is 0 Å². The Labute approximate surface area is 105 Å². The molecule has 0 fully saturated rings. The molecule has 0 spiro atoms. The van der Waals surface area contributed by atoms with Crippen LogP contribution < -0.4 is 0 Å². The van der Waals surface area contributed by atoms with Crippen LogP contribution in [0, 0.1) is 5.92 Å². The number of hydrogen-bond acceptors (Lipinski definition) is 4. The third-order valence-corrected chi connectivity index (χ3v) is 2.56. The Bertz CT molecular complexity index is 523. The Morgan fingerprint density at radius 2 is 2.18 bits per heavy atom. The maximum Gasteiger partial charge on any atom is 0.162 e. The van der Waals surface area contributed by atoms with Gasteiger partial charge in [-0.3, -0.25) is 4.68 Å². The van der Waals surface area contributed by atoms with Crippen molar-refractivity contribution >= 4 is 22.6 Å². The molecule has 0 aliphatic carbocycles. The normalized spacial score (nSPS) is 11.6. The van der Waals surface area contributed by atoms with Crippen LogP contribution in [0.4, 0.5) is 0 Å². The zero-order valence-corrected chi connectivity index (χ0v) is 10.9. The van der Waals surface area contributed by atoms with Crippen LogP contribution in [0.1, 0.15) is 19.7 Å². The molecular weight excluding hydrogens is 240 g/mol. The van der Waals surface area contributed by atoms with Crippen LogP contribution in [0.15, 0.2) is 6.20 Å². The van der Waals surface area contributed by atoms with Crippen molar-refractivity contribution in [1.29, 1.82) is 0 Å². The first-order chi connectivity index (χ1) is 8.08. The molecule has 0 saturated heterocycles. The fraction of sp³-hybridized carbons (Fsp3) is 0.545. The van der Waals surface area contributed by atoms with Crippen molar-refractivity contribution < 1.29 is 4.74 Å². The van der Waals surface area contributed by atoms with E-state index in [0.717, 1.165) is 11.0 Å². The van der Waals surface area contributed by atoms with Gasteiger partial charge < -0.3 is 4.74 Å². The molecule has 2 heterocycles. The molecule has 92 valence electrons. The van der Waals surface area contributed by atoms with E-state index in [4.69, 9.17) is 16.3 Å². The highest BCUT2D eigenvalue weighted by atomic mass is 35.5. The maximum absolute atomic E-state index is 6.06. The summed E-state index contributed by atoms with van der Waals surface area (Å²) in [4.78, 5) is 8.56. The van der Waals surface area contributed by atoms with Crippen molar-refractivity contribution in [2.24, 2.45) is 13.0 Å². The lowest BCUT2D eigenvalue weighted by molar-refractivity contribution is 0.0925. The molecule has 0 amide bonds. The summed E-state index contributed by atoms with van der Waals surface area (Å²) >= 11 is 6.06. The number of hydrogen-bond donors (Lipinski definition) is 0. The summed E-state index contributed by atoms with van der Waals surface area (Å²) in [7, 11) is 1.82. The predicted octanol–water partition coefficient (Wildman–Crippen LogP) is 2.19. The summed E-state index contributed by atoms with van der Waals surface area (Å²) < 4.78 is 7.16. The van der Waals surface area contributed by atoms with E-state index in [9.17, 15) is 0 Å². The minimum Gasteiger partial charge on any atom is -0.373 e. The van der Waals surface area contributed by atoms with Crippen LogP contribution in [-0.4, -0.2) is 26.4 Å². The van der Waals surface area contributed by atoms with E-state index in [1.165, 1.54) is 0 Å². The average molecular weight is 255 g/mol. The molecular formula is C11H15ClN4O. The van der Waals surface area contributed by atoms with Crippen LogP contribution in [0.25, 0.3) is 11.0 Å². The molecule has 0 atom stereocenters.